The van der Waals surface area contributed by atoms with Crippen LogP contribution in [-0.2, 0) is 10.0 Å². The number of nitrogens with two attached hydrogens (primary N) is 1. The maximum Gasteiger partial charge on any atom is 0.242 e. The highest BCUT2D eigenvalue weighted by atomic mass is 35.5. The Labute approximate surface area is 113 Å². The second-order valence-electron chi connectivity index (χ2n) is 4.82. The smallest absolute Gasteiger partial charge is 0.242 e. The molecule has 2 unspecified atom stereocenters. The largest absolute Gasteiger partial charge is 0.398 e. The molecule has 0 heterocycles. The lowest BCUT2D eigenvalue weighted by atomic mass is 10.1. The van der Waals surface area contributed by atoms with E-state index in [2.05, 4.69) is 11.6 Å². The summed E-state index contributed by atoms with van der Waals surface area (Å²) in [7, 11) is -3.59. The van der Waals surface area contributed by atoms with Crippen LogP contribution in [0.3, 0.4) is 0 Å². The van der Waals surface area contributed by atoms with Gasteiger partial charge in [0.2, 0.25) is 10.0 Å². The lowest BCUT2D eigenvalue weighted by Gasteiger charge is -2.18. The van der Waals surface area contributed by atoms with Crippen LogP contribution in [0.4, 0.5) is 5.69 Å². The molecular formula is C12H17ClN2O2S. The summed E-state index contributed by atoms with van der Waals surface area (Å²) in [5.74, 6) is 0.361. The molecule has 3 N–H and O–H groups in total. The first-order valence-electron chi connectivity index (χ1n) is 5.97. The van der Waals surface area contributed by atoms with Crippen molar-refractivity contribution in [1.29, 1.82) is 0 Å². The molecular weight excluding hydrogens is 272 g/mol. The Bertz CT molecular complexity index is 545. The molecule has 4 nitrogen and oxygen atoms in total. The fraction of sp³-hybridized carbons (Fsp3) is 0.500. The van der Waals surface area contributed by atoms with Crippen LogP contribution < -0.4 is 10.5 Å². The number of anilines is 1. The lowest BCUT2D eigenvalue weighted by Crippen LogP contribution is -2.36. The Morgan fingerprint density at radius 1 is 1.39 bits per heavy atom. The second-order valence-corrected chi connectivity index (χ2v) is 6.94. The molecule has 1 aromatic carbocycles. The van der Waals surface area contributed by atoms with E-state index in [1.165, 1.54) is 12.1 Å². The number of rotatable bonds is 3. The van der Waals surface area contributed by atoms with Crippen LogP contribution >= 0.6 is 11.6 Å². The summed E-state index contributed by atoms with van der Waals surface area (Å²) < 4.78 is 27.2. The van der Waals surface area contributed by atoms with Crippen molar-refractivity contribution in [2.24, 2.45) is 5.92 Å². The van der Waals surface area contributed by atoms with Crippen LogP contribution in [0, 0.1) is 5.92 Å². The van der Waals surface area contributed by atoms with Gasteiger partial charge in [0.25, 0.3) is 0 Å². The van der Waals surface area contributed by atoms with Crippen molar-refractivity contribution in [3.8, 4) is 0 Å². The number of sulfonamides is 1. The van der Waals surface area contributed by atoms with Crippen LogP contribution in [0.25, 0.3) is 0 Å². The molecule has 18 heavy (non-hydrogen) atoms. The van der Waals surface area contributed by atoms with Crippen LogP contribution in [0.1, 0.15) is 26.2 Å². The van der Waals surface area contributed by atoms with Crippen LogP contribution in [0.2, 0.25) is 5.02 Å². The minimum absolute atomic E-state index is 0.00613. The number of benzene rings is 1. The van der Waals surface area contributed by atoms with Gasteiger partial charge in [0.1, 0.15) is 4.90 Å². The highest BCUT2D eigenvalue weighted by molar-refractivity contribution is 7.89. The van der Waals surface area contributed by atoms with Crippen molar-refractivity contribution >= 4 is 27.3 Å². The van der Waals surface area contributed by atoms with Gasteiger partial charge < -0.3 is 5.73 Å². The number of hydrogen-bond donors (Lipinski definition) is 2. The quantitative estimate of drug-likeness (QED) is 0.839. The van der Waals surface area contributed by atoms with E-state index in [9.17, 15) is 8.42 Å². The molecule has 0 amide bonds. The molecule has 1 aliphatic carbocycles. The van der Waals surface area contributed by atoms with Gasteiger partial charge in [-0.05, 0) is 37.0 Å². The summed E-state index contributed by atoms with van der Waals surface area (Å²) in [6, 6.07) is 4.47. The lowest BCUT2D eigenvalue weighted by molar-refractivity contribution is 0.476. The van der Waals surface area contributed by atoms with Crippen molar-refractivity contribution in [2.45, 2.75) is 37.1 Å². The Morgan fingerprint density at radius 2 is 2.11 bits per heavy atom. The van der Waals surface area contributed by atoms with Gasteiger partial charge in [-0.1, -0.05) is 24.9 Å². The molecule has 0 bridgehead atoms. The zero-order chi connectivity index (χ0) is 13.3. The Hall–Kier alpha value is -0.780. The van der Waals surface area contributed by atoms with Gasteiger partial charge in [0, 0.05) is 11.1 Å². The highest BCUT2D eigenvalue weighted by Crippen LogP contribution is 2.28. The summed E-state index contributed by atoms with van der Waals surface area (Å²) in [6.07, 6.45) is 2.98. The second kappa shape index (κ2) is 5.07. The fourth-order valence-corrected chi connectivity index (χ4v) is 4.10. The number of halogens is 1. The monoisotopic (exact) mass is 288 g/mol. The summed E-state index contributed by atoms with van der Waals surface area (Å²) in [5, 5.41) is 0.365. The van der Waals surface area contributed by atoms with Crippen LogP contribution in [0.15, 0.2) is 23.1 Å². The van der Waals surface area contributed by atoms with Gasteiger partial charge >= 0.3 is 0 Å². The van der Waals surface area contributed by atoms with Crippen molar-refractivity contribution < 1.29 is 8.42 Å². The van der Waals surface area contributed by atoms with Crippen molar-refractivity contribution in [1.82, 2.24) is 4.72 Å². The summed E-state index contributed by atoms with van der Waals surface area (Å²) in [4.78, 5) is 0.0640. The number of hydrogen-bond acceptors (Lipinski definition) is 3. The molecule has 2 rings (SSSR count). The van der Waals surface area contributed by atoms with Crippen molar-refractivity contribution in [3.05, 3.63) is 23.2 Å². The summed E-state index contributed by atoms with van der Waals surface area (Å²) in [5.41, 5.74) is 5.93. The van der Waals surface area contributed by atoms with E-state index < -0.39 is 10.0 Å². The molecule has 1 aromatic rings. The van der Waals surface area contributed by atoms with E-state index in [0.29, 0.717) is 10.9 Å². The van der Waals surface area contributed by atoms with Crippen molar-refractivity contribution in [2.75, 3.05) is 5.73 Å². The molecule has 0 spiro atoms. The average molecular weight is 289 g/mol. The van der Waals surface area contributed by atoms with Gasteiger partial charge in [0.05, 0.1) is 5.69 Å². The Balaban J connectivity index is 2.28. The molecule has 0 aromatic heterocycles. The molecule has 2 atom stereocenters. The van der Waals surface area contributed by atoms with Gasteiger partial charge in [-0.3, -0.25) is 0 Å². The summed E-state index contributed by atoms with van der Waals surface area (Å²) >= 11 is 5.82. The predicted octanol–water partition coefficient (Wildman–Crippen LogP) is 2.39. The first-order chi connectivity index (χ1) is 8.40. The van der Waals surface area contributed by atoms with Gasteiger partial charge in [-0.2, -0.15) is 0 Å². The van der Waals surface area contributed by atoms with Gasteiger partial charge in [0.15, 0.2) is 0 Å². The van der Waals surface area contributed by atoms with E-state index in [1.807, 2.05) is 0 Å². The van der Waals surface area contributed by atoms with Crippen molar-refractivity contribution in [3.63, 3.8) is 0 Å². The third-order valence-electron chi connectivity index (χ3n) is 3.43. The van der Waals surface area contributed by atoms with Gasteiger partial charge in [-0.15, -0.1) is 0 Å². The molecule has 1 fully saturated rings. The van der Waals surface area contributed by atoms with E-state index in [-0.39, 0.29) is 16.6 Å². The Kier molecular flexibility index (Phi) is 3.84. The zero-order valence-electron chi connectivity index (χ0n) is 10.2. The van der Waals surface area contributed by atoms with E-state index in [4.69, 9.17) is 17.3 Å². The minimum atomic E-state index is -3.59. The first-order valence-corrected chi connectivity index (χ1v) is 7.83. The maximum atomic E-state index is 12.3. The van der Waals surface area contributed by atoms with E-state index in [1.54, 1.807) is 6.07 Å². The zero-order valence-corrected chi connectivity index (χ0v) is 11.8. The third kappa shape index (κ3) is 2.79. The normalized spacial score (nSPS) is 24.3. The van der Waals surface area contributed by atoms with E-state index in [0.717, 1.165) is 19.3 Å². The highest BCUT2D eigenvalue weighted by Gasteiger charge is 2.29. The Morgan fingerprint density at radius 3 is 2.72 bits per heavy atom. The standard InChI is InChI=1S/C12H17ClN2O2S/c1-8-3-2-4-11(8)15-18(16,17)12-7-9(13)5-6-10(12)14/h5-8,11,15H,2-4,14H2,1H3. The first kappa shape index (κ1) is 13.6. The maximum absolute atomic E-state index is 12.3. The molecule has 100 valence electrons. The molecule has 6 heteroatoms. The number of nitrogens with one attached hydrogen (secondary N) is 1. The molecule has 0 aliphatic heterocycles. The molecule has 0 saturated heterocycles. The topological polar surface area (TPSA) is 72.2 Å². The predicted molar refractivity (Wildman–Crippen MR) is 73.0 cm³/mol. The van der Waals surface area contributed by atoms with E-state index >= 15 is 0 Å². The molecule has 0 radical (unpaired) electrons. The van der Waals surface area contributed by atoms with Gasteiger partial charge in [-0.25, -0.2) is 13.1 Å². The van der Waals surface area contributed by atoms with Crippen LogP contribution in [-0.4, -0.2) is 14.5 Å². The molecule has 1 aliphatic rings. The number of nitrogen functional groups attached to an aromatic ring is 1. The summed E-state index contributed by atoms with van der Waals surface area (Å²) in [6.45, 7) is 2.06. The minimum Gasteiger partial charge on any atom is -0.398 e. The van der Waals surface area contributed by atoms with Crippen LogP contribution in [0.5, 0.6) is 0 Å². The third-order valence-corrected chi connectivity index (χ3v) is 5.21. The SMILES string of the molecule is CC1CCCC1NS(=O)(=O)c1cc(Cl)ccc1N. The molecule has 1 saturated carbocycles. The fourth-order valence-electron chi connectivity index (χ4n) is 2.32. The average Bonchev–Trinajstić information content (AvgIpc) is 2.67.